The van der Waals surface area contributed by atoms with Crippen LogP contribution in [0.3, 0.4) is 0 Å². The topological polar surface area (TPSA) is 52.6 Å². The van der Waals surface area contributed by atoms with Gasteiger partial charge in [-0.3, -0.25) is 9.59 Å². The molecule has 0 aromatic carbocycles. The molecule has 0 saturated heterocycles. The summed E-state index contributed by atoms with van der Waals surface area (Å²) >= 11 is 0. The molecule has 0 aliphatic heterocycles. The molecule has 6 rings (SSSR count). The Balaban J connectivity index is 1.64. The van der Waals surface area contributed by atoms with Gasteiger partial charge in [0.05, 0.1) is 25.0 Å². The molecule has 0 N–H and O–H groups in total. The molecule has 8 atom stereocenters. The van der Waals surface area contributed by atoms with Gasteiger partial charge in [-0.25, -0.2) is 0 Å². The highest BCUT2D eigenvalue weighted by molar-refractivity contribution is 5.95. The van der Waals surface area contributed by atoms with Gasteiger partial charge in [0.2, 0.25) is 0 Å². The van der Waals surface area contributed by atoms with Gasteiger partial charge in [-0.05, 0) is 48.3 Å². The van der Waals surface area contributed by atoms with Gasteiger partial charge in [0.1, 0.15) is 0 Å². The predicted molar refractivity (Wildman–Crippen MR) is 59.1 cm³/mol. The fraction of sp³-hybridized carbons (Fsp3) is 0.857. The minimum absolute atomic E-state index is 0.0545. The average Bonchev–Trinajstić information content (AvgIpc) is 2.36. The van der Waals surface area contributed by atoms with Crippen molar-refractivity contribution in [1.82, 2.24) is 0 Å². The van der Waals surface area contributed by atoms with E-state index in [1.165, 1.54) is 20.6 Å². The third kappa shape index (κ3) is 0.503. The lowest BCUT2D eigenvalue weighted by Gasteiger charge is -2.99. The molecule has 0 heterocycles. The van der Waals surface area contributed by atoms with Crippen LogP contribution in [0.1, 0.15) is 12.8 Å². The number of carbonyl (C=O) groups excluding carboxylic acids is 2. The molecule has 6 saturated carbocycles. The van der Waals surface area contributed by atoms with Crippen molar-refractivity contribution in [3.8, 4) is 0 Å². The summed E-state index contributed by atoms with van der Waals surface area (Å²) in [7, 11) is 2.95. The molecule has 6 aliphatic rings. The molecule has 0 spiro atoms. The molecule has 6 fully saturated rings. The Labute approximate surface area is 105 Å². The minimum Gasteiger partial charge on any atom is -0.469 e. The second-order valence-electron chi connectivity index (χ2n) is 6.76. The Morgan fingerprint density at radius 2 is 1.67 bits per heavy atom. The summed E-state index contributed by atoms with van der Waals surface area (Å²) in [4.78, 5) is 24.4. The van der Waals surface area contributed by atoms with Crippen molar-refractivity contribution >= 4 is 11.9 Å². The van der Waals surface area contributed by atoms with Crippen LogP contribution in [0.15, 0.2) is 0 Å². The summed E-state index contributed by atoms with van der Waals surface area (Å²) in [6, 6.07) is 0. The smallest absolute Gasteiger partial charge is 0.312 e. The Hall–Kier alpha value is -1.06. The van der Waals surface area contributed by atoms with Crippen molar-refractivity contribution in [2.45, 2.75) is 12.8 Å². The van der Waals surface area contributed by atoms with Crippen molar-refractivity contribution in [3.05, 3.63) is 0 Å². The van der Waals surface area contributed by atoms with Crippen LogP contribution in [0.2, 0.25) is 0 Å². The van der Waals surface area contributed by atoms with E-state index in [0.717, 1.165) is 6.42 Å². The summed E-state index contributed by atoms with van der Waals surface area (Å²) < 4.78 is 10.1. The van der Waals surface area contributed by atoms with Crippen LogP contribution >= 0.6 is 0 Å². The van der Waals surface area contributed by atoms with Gasteiger partial charge in [0.25, 0.3) is 0 Å². The quantitative estimate of drug-likeness (QED) is 0.680. The zero-order chi connectivity index (χ0) is 12.4. The normalized spacial score (nSPS) is 63.4. The number of ether oxygens (including phenoxy) is 2. The molecular weight excluding hydrogens is 232 g/mol. The zero-order valence-corrected chi connectivity index (χ0v) is 10.5. The van der Waals surface area contributed by atoms with Crippen LogP contribution in [0.5, 0.6) is 0 Å². The molecule has 0 aromatic rings. The second-order valence-corrected chi connectivity index (χ2v) is 6.76. The van der Waals surface area contributed by atoms with Crippen molar-refractivity contribution < 1.29 is 19.1 Å². The average molecular weight is 248 g/mol. The second kappa shape index (κ2) is 2.35. The molecule has 0 unspecified atom stereocenters. The monoisotopic (exact) mass is 248 g/mol. The maximum Gasteiger partial charge on any atom is 0.312 e. The zero-order valence-electron chi connectivity index (χ0n) is 10.5. The summed E-state index contributed by atoms with van der Waals surface area (Å²) in [5.74, 6) is 2.61. The standard InChI is InChI=1S/C14H16O4/c1-17-11(15)13-6-4-3-5-8-7(6)10(13)14(8,9(5)13)12(16)18-2/h5-10H,3-4H2,1-2H3/t5-,6-,7+,8-,9-,10-,13-,14+/m0/s1. The first-order chi connectivity index (χ1) is 8.68. The number of fused-ring (bicyclic) bond motifs is 1. The minimum atomic E-state index is -0.286. The maximum atomic E-state index is 12.2. The van der Waals surface area contributed by atoms with E-state index >= 15 is 0 Å². The number of esters is 2. The van der Waals surface area contributed by atoms with Gasteiger partial charge in [-0.15, -0.1) is 0 Å². The first kappa shape index (κ1) is 9.82. The lowest BCUT2D eigenvalue weighted by molar-refractivity contribution is -0.532. The largest absolute Gasteiger partial charge is 0.469 e. The molecule has 18 heavy (non-hydrogen) atoms. The fourth-order valence-corrected chi connectivity index (χ4v) is 7.42. The molecule has 0 aromatic heterocycles. The van der Waals surface area contributed by atoms with Gasteiger partial charge in [-0.1, -0.05) is 0 Å². The van der Waals surface area contributed by atoms with Crippen molar-refractivity contribution in [2.75, 3.05) is 14.2 Å². The predicted octanol–water partition coefficient (Wildman–Crippen LogP) is 0.851. The SMILES string of the molecule is COC(=O)[C@@]12[C@H]3[C@@H]4CC[C@H]5[C@H]3[C@H]1[C@@]5(C(=O)OC)[C@H]42. The molecule has 4 nitrogen and oxygen atoms in total. The van der Waals surface area contributed by atoms with E-state index < -0.39 is 0 Å². The number of carbonyl (C=O) groups is 2. The van der Waals surface area contributed by atoms with Crippen molar-refractivity contribution in [3.63, 3.8) is 0 Å². The van der Waals surface area contributed by atoms with Gasteiger partial charge < -0.3 is 9.47 Å². The number of methoxy groups -OCH3 is 2. The highest BCUT2D eigenvalue weighted by Crippen LogP contribution is 3.02. The number of hydrogen-bond acceptors (Lipinski definition) is 4. The molecule has 96 valence electrons. The summed E-state index contributed by atoms with van der Waals surface area (Å²) in [5, 5.41) is 0. The number of hydrogen-bond donors (Lipinski definition) is 0. The van der Waals surface area contributed by atoms with Gasteiger partial charge in [0, 0.05) is 0 Å². The highest BCUT2D eigenvalue weighted by Gasteiger charge is 3.05. The van der Waals surface area contributed by atoms with Crippen LogP contribution in [0, 0.1) is 46.3 Å². The summed E-state index contributed by atoms with van der Waals surface area (Å²) in [6.45, 7) is 0. The lowest BCUT2D eigenvalue weighted by Crippen LogP contribution is -3.02. The van der Waals surface area contributed by atoms with Crippen LogP contribution in [-0.2, 0) is 19.1 Å². The van der Waals surface area contributed by atoms with Crippen LogP contribution in [0.4, 0.5) is 0 Å². The maximum absolute atomic E-state index is 12.2. The molecule has 4 heteroatoms. The van der Waals surface area contributed by atoms with Crippen LogP contribution in [0.25, 0.3) is 0 Å². The van der Waals surface area contributed by atoms with E-state index in [-0.39, 0.29) is 34.6 Å². The van der Waals surface area contributed by atoms with Gasteiger partial charge in [-0.2, -0.15) is 0 Å². The highest BCUT2D eigenvalue weighted by atomic mass is 16.5. The third-order valence-electron chi connectivity index (χ3n) is 7.27. The molecule has 0 amide bonds. The van der Waals surface area contributed by atoms with E-state index in [1.54, 1.807) is 0 Å². The van der Waals surface area contributed by atoms with E-state index in [2.05, 4.69) is 0 Å². The Morgan fingerprint density at radius 1 is 1.00 bits per heavy atom. The van der Waals surface area contributed by atoms with E-state index in [4.69, 9.17) is 9.47 Å². The van der Waals surface area contributed by atoms with Gasteiger partial charge >= 0.3 is 11.9 Å². The van der Waals surface area contributed by atoms with Crippen molar-refractivity contribution in [1.29, 1.82) is 0 Å². The van der Waals surface area contributed by atoms with E-state index in [0.29, 0.717) is 23.7 Å². The van der Waals surface area contributed by atoms with E-state index in [9.17, 15) is 9.59 Å². The number of rotatable bonds is 2. The Bertz CT molecular complexity index is 510. The lowest BCUT2D eigenvalue weighted by atomic mass is 9.01. The molecule has 0 radical (unpaired) electrons. The third-order valence-corrected chi connectivity index (χ3v) is 7.27. The first-order valence-electron chi connectivity index (χ1n) is 6.85. The van der Waals surface area contributed by atoms with Crippen LogP contribution in [-0.4, -0.2) is 26.2 Å². The van der Waals surface area contributed by atoms with E-state index in [1.807, 2.05) is 0 Å². The first-order valence-corrected chi connectivity index (χ1v) is 6.85. The summed E-state index contributed by atoms with van der Waals surface area (Å²) in [5.41, 5.74) is -0.555. The molecule has 2 bridgehead atoms. The van der Waals surface area contributed by atoms with Crippen molar-refractivity contribution in [2.24, 2.45) is 46.3 Å². The molecular formula is C14H16O4. The van der Waals surface area contributed by atoms with Gasteiger partial charge in [0.15, 0.2) is 0 Å². The van der Waals surface area contributed by atoms with Crippen LogP contribution < -0.4 is 0 Å². The Morgan fingerprint density at radius 3 is 2.28 bits per heavy atom. The Kier molecular flexibility index (Phi) is 1.28. The molecule has 6 aliphatic carbocycles. The summed E-state index contributed by atoms with van der Waals surface area (Å²) in [6.07, 6.45) is 2.35. The fourth-order valence-electron chi connectivity index (χ4n) is 7.42.